The topological polar surface area (TPSA) is 84.0 Å². The van der Waals surface area contributed by atoms with Gasteiger partial charge in [-0.3, -0.25) is 14.4 Å². The number of carbonyl (C=O) groups is 4. The number of rotatable bonds is 2. The monoisotopic (exact) mass is 436 g/mol. The molecule has 1 aromatic carbocycles. The molecule has 0 bridgehead atoms. The van der Waals surface area contributed by atoms with Crippen molar-refractivity contribution in [3.05, 3.63) is 51.4 Å². The van der Waals surface area contributed by atoms with Crippen molar-refractivity contribution < 1.29 is 23.9 Å². The number of anilines is 2. The number of methoxy groups -OCH3 is 1. The number of hydrogen-bond acceptors (Lipinski definition) is 6. The van der Waals surface area contributed by atoms with E-state index in [1.807, 2.05) is 12.1 Å². The summed E-state index contributed by atoms with van der Waals surface area (Å²) in [6, 6.07) is 7.21. The van der Waals surface area contributed by atoms with Crippen LogP contribution in [0.25, 0.3) is 5.57 Å². The summed E-state index contributed by atoms with van der Waals surface area (Å²) in [5, 5.41) is 0.316. The molecule has 0 saturated carbocycles. The molecule has 1 aromatic heterocycles. The van der Waals surface area contributed by atoms with Gasteiger partial charge in [0, 0.05) is 23.1 Å². The number of ether oxygens (including phenoxy) is 1. The van der Waals surface area contributed by atoms with E-state index in [0.717, 1.165) is 41.0 Å². The summed E-state index contributed by atoms with van der Waals surface area (Å²) < 4.78 is 4.98. The number of esters is 1. The first-order valence-electron chi connectivity index (χ1n) is 10.1. The van der Waals surface area contributed by atoms with E-state index in [9.17, 15) is 19.2 Å². The zero-order chi connectivity index (χ0) is 21.9. The van der Waals surface area contributed by atoms with Gasteiger partial charge in [-0.2, -0.15) is 0 Å². The minimum absolute atomic E-state index is 0.175. The number of fused-ring (bicyclic) bond motifs is 2. The highest BCUT2D eigenvalue weighted by atomic mass is 32.1. The van der Waals surface area contributed by atoms with Gasteiger partial charge in [-0.15, -0.1) is 11.3 Å². The molecule has 1 saturated heterocycles. The van der Waals surface area contributed by atoms with Crippen LogP contribution in [-0.2, 0) is 32.0 Å². The van der Waals surface area contributed by atoms with Gasteiger partial charge < -0.3 is 9.64 Å². The number of hydrogen-bond donors (Lipinski definition) is 0. The summed E-state index contributed by atoms with van der Waals surface area (Å²) in [7, 11) is 2.94. The van der Waals surface area contributed by atoms with Crippen molar-refractivity contribution in [2.45, 2.75) is 32.1 Å². The SMILES string of the molecule is COC(=O)c1c(N2C(=O)CC(=C3C(=O)N(C)c4ccccc43)C2=O)sc2c1CCCC2. The van der Waals surface area contributed by atoms with Gasteiger partial charge in [0.1, 0.15) is 5.00 Å². The van der Waals surface area contributed by atoms with Gasteiger partial charge in [0.05, 0.1) is 30.4 Å². The van der Waals surface area contributed by atoms with Gasteiger partial charge in [0.2, 0.25) is 5.91 Å². The summed E-state index contributed by atoms with van der Waals surface area (Å²) in [5.41, 5.74) is 2.98. The Morgan fingerprint density at radius 1 is 1.06 bits per heavy atom. The zero-order valence-electron chi connectivity index (χ0n) is 17.2. The van der Waals surface area contributed by atoms with Crippen LogP contribution in [0.5, 0.6) is 0 Å². The van der Waals surface area contributed by atoms with Gasteiger partial charge in [-0.1, -0.05) is 18.2 Å². The van der Waals surface area contributed by atoms with Crippen molar-refractivity contribution in [3.63, 3.8) is 0 Å². The minimum Gasteiger partial charge on any atom is -0.465 e. The molecule has 3 aliphatic rings. The van der Waals surface area contributed by atoms with Crippen LogP contribution in [0.4, 0.5) is 10.7 Å². The highest BCUT2D eigenvalue weighted by molar-refractivity contribution is 7.17. The second-order valence-corrected chi connectivity index (χ2v) is 8.91. The summed E-state index contributed by atoms with van der Waals surface area (Å²) in [5.74, 6) is -1.82. The lowest BCUT2D eigenvalue weighted by Crippen LogP contribution is -2.30. The Labute approximate surface area is 182 Å². The fourth-order valence-corrected chi connectivity index (χ4v) is 6.03. The molecule has 0 radical (unpaired) electrons. The van der Waals surface area contributed by atoms with E-state index in [1.54, 1.807) is 19.2 Å². The molecule has 31 heavy (non-hydrogen) atoms. The second-order valence-electron chi connectivity index (χ2n) is 7.83. The molecular formula is C23H20N2O5S. The highest BCUT2D eigenvalue weighted by Crippen LogP contribution is 2.45. The molecule has 0 atom stereocenters. The Bertz CT molecular complexity index is 1210. The Morgan fingerprint density at radius 3 is 2.58 bits per heavy atom. The molecule has 2 aliphatic heterocycles. The number of para-hydroxylation sites is 1. The van der Waals surface area contributed by atoms with Crippen molar-refractivity contribution >= 4 is 51.3 Å². The standard InChI is InChI=1S/C23H20N2O5S/c1-24-15-9-5-3-7-12(15)18(21(24)28)14-11-17(26)25(20(14)27)22-19(23(29)30-2)13-8-4-6-10-16(13)31-22/h3,5,7,9H,4,6,8,10-11H2,1-2H3. The molecule has 0 unspecified atom stereocenters. The third kappa shape index (κ3) is 2.78. The molecule has 158 valence electrons. The van der Waals surface area contributed by atoms with E-state index in [0.29, 0.717) is 21.8 Å². The van der Waals surface area contributed by atoms with Crippen molar-refractivity contribution in [1.82, 2.24) is 0 Å². The van der Waals surface area contributed by atoms with E-state index in [-0.39, 0.29) is 23.5 Å². The number of carbonyl (C=O) groups excluding carboxylic acids is 4. The van der Waals surface area contributed by atoms with Crippen LogP contribution in [-0.4, -0.2) is 37.8 Å². The van der Waals surface area contributed by atoms with Gasteiger partial charge in [0.15, 0.2) is 0 Å². The summed E-state index contributed by atoms with van der Waals surface area (Å²) in [4.78, 5) is 55.6. The summed E-state index contributed by atoms with van der Waals surface area (Å²) in [6.07, 6.45) is 3.30. The van der Waals surface area contributed by atoms with Crippen molar-refractivity contribution in [2.75, 3.05) is 24.0 Å². The largest absolute Gasteiger partial charge is 0.465 e. The van der Waals surface area contributed by atoms with Crippen LogP contribution < -0.4 is 9.80 Å². The number of nitrogens with zero attached hydrogens (tertiary/aromatic N) is 2. The Balaban J connectivity index is 1.65. The smallest absolute Gasteiger partial charge is 0.341 e. The predicted octanol–water partition coefficient (Wildman–Crippen LogP) is 3.11. The maximum absolute atomic E-state index is 13.5. The molecular weight excluding hydrogens is 416 g/mol. The quantitative estimate of drug-likeness (QED) is 0.410. The maximum atomic E-state index is 13.5. The molecule has 2 aromatic rings. The van der Waals surface area contributed by atoms with Crippen LogP contribution in [0, 0.1) is 0 Å². The molecule has 8 heteroatoms. The van der Waals surface area contributed by atoms with Crippen LogP contribution in [0.3, 0.4) is 0 Å². The molecule has 5 rings (SSSR count). The van der Waals surface area contributed by atoms with Crippen molar-refractivity contribution in [3.8, 4) is 0 Å². The van der Waals surface area contributed by atoms with E-state index in [2.05, 4.69) is 0 Å². The molecule has 3 heterocycles. The lowest BCUT2D eigenvalue weighted by atomic mass is 9.95. The molecule has 1 aliphatic carbocycles. The average Bonchev–Trinajstić information content (AvgIpc) is 3.37. The first-order chi connectivity index (χ1) is 14.9. The first-order valence-corrected chi connectivity index (χ1v) is 11.0. The fraction of sp³-hybridized carbons (Fsp3) is 0.304. The predicted molar refractivity (Wildman–Crippen MR) is 116 cm³/mol. The van der Waals surface area contributed by atoms with Gasteiger partial charge in [-0.25, -0.2) is 9.69 Å². The highest BCUT2D eigenvalue weighted by Gasteiger charge is 2.44. The summed E-state index contributed by atoms with van der Waals surface area (Å²) in [6.45, 7) is 0. The van der Waals surface area contributed by atoms with E-state index >= 15 is 0 Å². The molecule has 1 fully saturated rings. The summed E-state index contributed by atoms with van der Waals surface area (Å²) >= 11 is 1.31. The van der Waals surface area contributed by atoms with E-state index in [4.69, 9.17) is 4.74 Å². The lowest BCUT2D eigenvalue weighted by Gasteiger charge is -2.14. The number of thiophene rings is 1. The molecule has 3 amide bonds. The molecule has 0 spiro atoms. The van der Waals surface area contributed by atoms with Gasteiger partial charge >= 0.3 is 5.97 Å². The van der Waals surface area contributed by atoms with Crippen LogP contribution in [0.1, 0.15) is 45.6 Å². The number of imide groups is 1. The third-order valence-corrected chi connectivity index (χ3v) is 7.42. The molecule has 7 nitrogen and oxygen atoms in total. The van der Waals surface area contributed by atoms with Gasteiger partial charge in [0.25, 0.3) is 11.8 Å². The van der Waals surface area contributed by atoms with Crippen molar-refractivity contribution in [2.24, 2.45) is 0 Å². The van der Waals surface area contributed by atoms with Crippen LogP contribution in [0.2, 0.25) is 0 Å². The Morgan fingerprint density at radius 2 is 1.81 bits per heavy atom. The zero-order valence-corrected chi connectivity index (χ0v) is 18.0. The maximum Gasteiger partial charge on any atom is 0.341 e. The minimum atomic E-state index is -0.543. The lowest BCUT2D eigenvalue weighted by molar-refractivity contribution is -0.121. The number of likely N-dealkylation sites (N-methyl/N-ethyl adjacent to an activating group) is 1. The molecule has 0 N–H and O–H groups in total. The number of benzene rings is 1. The van der Waals surface area contributed by atoms with Crippen molar-refractivity contribution in [1.29, 1.82) is 0 Å². The van der Waals surface area contributed by atoms with Crippen LogP contribution >= 0.6 is 11.3 Å². The number of aryl methyl sites for hydroxylation is 1. The fourth-order valence-electron chi connectivity index (χ4n) is 4.64. The van der Waals surface area contributed by atoms with E-state index < -0.39 is 17.8 Å². The van der Waals surface area contributed by atoms with Gasteiger partial charge in [-0.05, 0) is 37.3 Å². The first kappa shape index (κ1) is 19.7. The normalized spacial score (nSPS) is 20.4. The second kappa shape index (κ2) is 7.16. The Hall–Kier alpha value is -3.26. The third-order valence-electron chi connectivity index (χ3n) is 6.14. The number of amides is 3. The Kier molecular flexibility index (Phi) is 4.55. The average molecular weight is 436 g/mol. The van der Waals surface area contributed by atoms with Crippen LogP contribution in [0.15, 0.2) is 29.8 Å². The van der Waals surface area contributed by atoms with E-state index in [1.165, 1.54) is 23.3 Å².